The molecule has 16 atom stereocenters. The molecule has 3 saturated heterocycles. The van der Waals surface area contributed by atoms with Gasteiger partial charge in [0, 0.05) is 20.5 Å². The lowest BCUT2D eigenvalue weighted by Crippen LogP contribution is -2.68. The first kappa shape index (κ1) is 36.8. The molecule has 0 aromatic carbocycles. The second-order valence-corrected chi connectivity index (χ2v) is 10.7. The third-order valence-electron chi connectivity index (χ3n) is 7.68. The molecule has 3 heterocycles. The minimum atomic E-state index is -2.82. The molecule has 0 aromatic heterocycles. The summed E-state index contributed by atoms with van der Waals surface area (Å²) < 4.78 is 32.2. The predicted octanol–water partition coefficient (Wildman–Crippen LogP) is -7.57. The third kappa shape index (κ3) is 7.63. The van der Waals surface area contributed by atoms with Crippen LogP contribution in [0.3, 0.4) is 0 Å². The van der Waals surface area contributed by atoms with Gasteiger partial charge in [-0.1, -0.05) is 0 Å². The monoisotopic (exact) mass is 647 g/mol. The summed E-state index contributed by atoms with van der Waals surface area (Å²) in [5.41, 5.74) is 0. The maximum absolute atomic E-state index is 12.4. The van der Waals surface area contributed by atoms with Crippen LogP contribution in [0.5, 0.6) is 0 Å². The van der Waals surface area contributed by atoms with Crippen molar-refractivity contribution in [3.63, 3.8) is 0 Å². The van der Waals surface area contributed by atoms with E-state index in [0.29, 0.717) is 0 Å². The summed E-state index contributed by atoms with van der Waals surface area (Å²) in [6, 6.07) is -1.47. The van der Waals surface area contributed by atoms with Gasteiger partial charge >= 0.3 is 5.97 Å². The van der Waals surface area contributed by atoms with Crippen LogP contribution in [0.1, 0.15) is 13.3 Å². The van der Waals surface area contributed by atoms with Gasteiger partial charge in [0.25, 0.3) is 5.79 Å². The number of aliphatic hydroxyl groups excluding tert-OH is 10. The smallest absolute Gasteiger partial charge is 0.364 e. The zero-order valence-corrected chi connectivity index (χ0v) is 23.7. The Morgan fingerprint density at radius 2 is 1.55 bits per heavy atom. The topological polar surface area (TPSA) is 324 Å². The Hall–Kier alpha value is -1.70. The van der Waals surface area contributed by atoms with E-state index in [9.17, 15) is 65.8 Å². The van der Waals surface area contributed by atoms with E-state index in [4.69, 9.17) is 28.4 Å². The van der Waals surface area contributed by atoms with E-state index >= 15 is 0 Å². The maximum Gasteiger partial charge on any atom is 0.364 e. The molecule has 0 aliphatic carbocycles. The molecule has 0 spiro atoms. The molecule has 3 rings (SSSR count). The summed E-state index contributed by atoms with van der Waals surface area (Å²) in [7, 11) is 1.17. The fraction of sp³-hybridized carbons (Fsp3) is 0.917. The van der Waals surface area contributed by atoms with Gasteiger partial charge in [0.2, 0.25) is 5.91 Å². The maximum atomic E-state index is 12.4. The SMILES string of the molecule is COC1OC(CO)C(OC2OC(COC3(C(=O)O)CC(O)C(NC(C)=O)C(C(O)C(O)CO)O3)C(O)C(O)C2O)C(O)C1O. The van der Waals surface area contributed by atoms with E-state index in [1.807, 2.05) is 0 Å². The molecule has 12 N–H and O–H groups in total. The minimum absolute atomic E-state index is 0.712. The summed E-state index contributed by atoms with van der Waals surface area (Å²) in [4.78, 5) is 24.1. The van der Waals surface area contributed by atoms with Crippen molar-refractivity contribution in [2.24, 2.45) is 0 Å². The Morgan fingerprint density at radius 3 is 2.09 bits per heavy atom. The Morgan fingerprint density at radius 1 is 0.932 bits per heavy atom. The second-order valence-electron chi connectivity index (χ2n) is 10.7. The van der Waals surface area contributed by atoms with Crippen molar-refractivity contribution < 1.29 is 94.2 Å². The molecular weight excluding hydrogens is 606 g/mol. The Labute approximate surface area is 249 Å². The summed E-state index contributed by atoms with van der Waals surface area (Å²) >= 11 is 0. The minimum Gasteiger partial charge on any atom is -0.477 e. The van der Waals surface area contributed by atoms with Crippen LogP contribution in [0.15, 0.2) is 0 Å². The highest BCUT2D eigenvalue weighted by Gasteiger charge is 2.57. The largest absolute Gasteiger partial charge is 0.477 e. The molecule has 1 amide bonds. The van der Waals surface area contributed by atoms with Crippen molar-refractivity contribution in [3.8, 4) is 0 Å². The van der Waals surface area contributed by atoms with Crippen molar-refractivity contribution >= 4 is 11.9 Å². The molecule has 3 aliphatic rings. The molecule has 0 bridgehead atoms. The zero-order chi connectivity index (χ0) is 33.1. The molecular formula is C24H41NO19. The molecule has 20 heteroatoms. The molecule has 44 heavy (non-hydrogen) atoms. The number of carboxylic acid groups (broad SMARTS) is 1. The van der Waals surface area contributed by atoms with Gasteiger partial charge < -0.3 is 89.9 Å². The number of carbonyl (C=O) groups is 2. The molecule has 20 nitrogen and oxygen atoms in total. The Balaban J connectivity index is 1.81. The number of nitrogens with one attached hydrogen (secondary N) is 1. The summed E-state index contributed by atoms with van der Waals surface area (Å²) in [6.07, 6.45) is -25.6. The molecule has 16 unspecified atom stereocenters. The van der Waals surface area contributed by atoms with Crippen molar-refractivity contribution in [2.45, 2.75) is 111 Å². The van der Waals surface area contributed by atoms with Crippen molar-refractivity contribution in [3.05, 3.63) is 0 Å². The normalized spacial score (nSPS) is 44.5. The average molecular weight is 648 g/mol. The number of hydrogen-bond acceptors (Lipinski definition) is 18. The van der Waals surface area contributed by atoms with Gasteiger partial charge in [0.1, 0.15) is 67.1 Å². The molecule has 3 fully saturated rings. The zero-order valence-electron chi connectivity index (χ0n) is 23.7. The van der Waals surface area contributed by atoms with Gasteiger partial charge in [0.15, 0.2) is 12.6 Å². The van der Waals surface area contributed by atoms with Crippen LogP contribution < -0.4 is 5.32 Å². The Bertz CT molecular complexity index is 958. The highest BCUT2D eigenvalue weighted by Crippen LogP contribution is 2.35. The van der Waals surface area contributed by atoms with Gasteiger partial charge in [-0.25, -0.2) is 4.79 Å². The summed E-state index contributed by atoms with van der Waals surface area (Å²) in [5, 5.41) is 115. The van der Waals surface area contributed by atoms with Crippen LogP contribution in [-0.2, 0) is 38.0 Å². The second kappa shape index (κ2) is 15.3. The number of aliphatic hydroxyl groups is 10. The van der Waals surface area contributed by atoms with Crippen molar-refractivity contribution in [1.29, 1.82) is 0 Å². The van der Waals surface area contributed by atoms with Gasteiger partial charge in [-0.15, -0.1) is 0 Å². The summed E-state index contributed by atoms with van der Waals surface area (Å²) in [5.74, 6) is -5.39. The first-order valence-electron chi connectivity index (χ1n) is 13.6. The van der Waals surface area contributed by atoms with E-state index in [1.165, 1.54) is 7.11 Å². The van der Waals surface area contributed by atoms with Crippen molar-refractivity contribution in [2.75, 3.05) is 26.9 Å². The number of carbonyl (C=O) groups excluding carboxylic acids is 1. The number of amides is 1. The van der Waals surface area contributed by atoms with E-state index in [0.717, 1.165) is 6.92 Å². The Kier molecular flexibility index (Phi) is 12.8. The quantitative estimate of drug-likeness (QED) is 0.0935. The fourth-order valence-electron chi connectivity index (χ4n) is 5.23. The number of carboxylic acids is 1. The van der Waals surface area contributed by atoms with Crippen molar-refractivity contribution in [1.82, 2.24) is 5.32 Å². The highest BCUT2D eigenvalue weighted by molar-refractivity contribution is 5.76. The van der Waals surface area contributed by atoms with Gasteiger partial charge in [-0.05, 0) is 0 Å². The van der Waals surface area contributed by atoms with Gasteiger partial charge in [-0.3, -0.25) is 4.79 Å². The molecule has 3 aliphatic heterocycles. The van der Waals surface area contributed by atoms with Crippen LogP contribution in [0.2, 0.25) is 0 Å². The average Bonchev–Trinajstić information content (AvgIpc) is 2.99. The van der Waals surface area contributed by atoms with Crippen LogP contribution in [0.25, 0.3) is 0 Å². The highest BCUT2D eigenvalue weighted by atomic mass is 16.8. The van der Waals surface area contributed by atoms with E-state index in [-0.39, 0.29) is 0 Å². The van der Waals surface area contributed by atoms with Gasteiger partial charge in [-0.2, -0.15) is 0 Å². The predicted molar refractivity (Wildman–Crippen MR) is 135 cm³/mol. The molecule has 0 saturated carbocycles. The third-order valence-corrected chi connectivity index (χ3v) is 7.68. The first-order chi connectivity index (χ1) is 20.6. The summed E-state index contributed by atoms with van der Waals surface area (Å²) in [6.45, 7) is -1.64. The van der Waals surface area contributed by atoms with Crippen LogP contribution >= 0.6 is 0 Å². The molecule has 0 radical (unpaired) electrons. The van der Waals surface area contributed by atoms with Gasteiger partial charge in [0.05, 0.1) is 32.0 Å². The van der Waals surface area contributed by atoms with E-state index in [2.05, 4.69) is 5.32 Å². The first-order valence-corrected chi connectivity index (χ1v) is 13.6. The molecule has 0 aromatic rings. The van der Waals surface area contributed by atoms with Crippen LogP contribution in [-0.4, -0.2) is 193 Å². The lowest BCUT2D eigenvalue weighted by molar-refractivity contribution is -0.366. The number of ether oxygens (including phenoxy) is 6. The number of rotatable bonds is 12. The number of methoxy groups -OCH3 is 1. The van der Waals surface area contributed by atoms with Crippen LogP contribution in [0, 0.1) is 0 Å². The fourth-order valence-corrected chi connectivity index (χ4v) is 5.23. The molecule has 256 valence electrons. The lowest BCUT2D eigenvalue weighted by atomic mass is 9.88. The standard InChI is InChI=1S/C24H41NO19/c1-7(28)25-12-8(29)3-24(23(37)38,44-20(12)13(31)9(30)4-26)40-6-11-14(32)15(33)17(35)22(42-11)43-19-10(5-27)41-21(39-2)18(36)16(19)34/h8-22,26-27,29-36H,3-6H2,1-2H3,(H,25,28)(H,37,38). The lowest BCUT2D eigenvalue weighted by Gasteiger charge is -2.48. The van der Waals surface area contributed by atoms with E-state index < -0.39 is 136 Å². The van der Waals surface area contributed by atoms with E-state index in [1.54, 1.807) is 0 Å². The number of hydrogen-bond donors (Lipinski definition) is 12. The number of aliphatic carboxylic acids is 1. The van der Waals surface area contributed by atoms with Crippen LogP contribution in [0.4, 0.5) is 0 Å².